The first kappa shape index (κ1) is 31.1. The van der Waals surface area contributed by atoms with Crippen molar-refractivity contribution in [1.82, 2.24) is 4.98 Å². The number of rotatable bonds is 4. The molecule has 0 fully saturated rings. The Morgan fingerprint density at radius 1 is 0.500 bits per heavy atom. The van der Waals surface area contributed by atoms with Gasteiger partial charge < -0.3 is 25.4 Å². The standard InChI is InChI=1S/C44H32N4O4/c49-29-9-1-5-25(21-29)41-33-13-15-35(45-33)42(26-6-2-10-30(50)22-26)37-17-19-39(47-37)44(28-8-4-12-32(52)24-28)40-20-18-38(48-40)43(36-16-14-34(41)46-36)27-7-3-11-31(51)23-27/h1-17,19,21-24,38,45,49-52H,18,20H2. The van der Waals surface area contributed by atoms with Gasteiger partial charge in [0.15, 0.2) is 0 Å². The number of phenolic OH excluding ortho intramolecular Hbond substituents is 4. The van der Waals surface area contributed by atoms with Crippen LogP contribution in [-0.4, -0.2) is 48.6 Å². The minimum Gasteiger partial charge on any atom is -0.508 e. The maximum absolute atomic E-state index is 10.6. The molecule has 4 aliphatic heterocycles. The number of aliphatic imine (C=N–C) groups is 3. The molecule has 4 aliphatic rings. The number of nitrogens with zero attached hydrogens (tertiary/aromatic N) is 3. The third kappa shape index (κ3) is 5.56. The van der Waals surface area contributed by atoms with E-state index in [0.717, 1.165) is 66.7 Å². The summed E-state index contributed by atoms with van der Waals surface area (Å²) < 4.78 is 0. The minimum atomic E-state index is -0.287. The van der Waals surface area contributed by atoms with E-state index in [-0.39, 0.29) is 29.0 Å². The second kappa shape index (κ2) is 12.4. The SMILES string of the molecule is Oc1cccc(C2=C3C=CC(=N3)C(c3cccc(O)c3)=c3ccc([nH]3)=C(c3cccc(O)c3)C3=NC(=C(c4cccc(O)c4)C4CCC2=N4)C=C3)c1. The van der Waals surface area contributed by atoms with Crippen LogP contribution in [0.2, 0.25) is 0 Å². The van der Waals surface area contributed by atoms with Gasteiger partial charge in [0.05, 0.1) is 28.9 Å². The van der Waals surface area contributed by atoms with Gasteiger partial charge >= 0.3 is 0 Å². The van der Waals surface area contributed by atoms with Gasteiger partial charge in [0.1, 0.15) is 23.0 Å². The quantitative estimate of drug-likeness (QED) is 0.145. The van der Waals surface area contributed by atoms with Crippen LogP contribution in [0.25, 0.3) is 22.3 Å². The maximum Gasteiger partial charge on any atom is 0.116 e. The van der Waals surface area contributed by atoms with Gasteiger partial charge in [-0.2, -0.15) is 0 Å². The Morgan fingerprint density at radius 2 is 0.962 bits per heavy atom. The molecular weight excluding hydrogens is 649 g/mol. The highest BCUT2D eigenvalue weighted by molar-refractivity contribution is 6.33. The van der Waals surface area contributed by atoms with Gasteiger partial charge in [0.25, 0.3) is 0 Å². The lowest BCUT2D eigenvalue weighted by Gasteiger charge is -2.15. The van der Waals surface area contributed by atoms with Crippen LogP contribution in [0.5, 0.6) is 23.0 Å². The van der Waals surface area contributed by atoms with Crippen molar-refractivity contribution in [3.8, 4) is 23.0 Å². The first-order valence-corrected chi connectivity index (χ1v) is 17.1. The predicted molar refractivity (Wildman–Crippen MR) is 205 cm³/mol. The summed E-state index contributed by atoms with van der Waals surface area (Å²) in [7, 11) is 0. The second-order valence-electron chi connectivity index (χ2n) is 13.1. The van der Waals surface area contributed by atoms with E-state index in [9.17, 15) is 20.4 Å². The number of aromatic hydroxyl groups is 4. The number of benzene rings is 4. The topological polar surface area (TPSA) is 134 Å². The number of aromatic amines is 1. The molecule has 4 aromatic carbocycles. The van der Waals surface area contributed by atoms with Gasteiger partial charge in [-0.3, -0.25) is 4.99 Å². The van der Waals surface area contributed by atoms with E-state index in [2.05, 4.69) is 4.98 Å². The van der Waals surface area contributed by atoms with E-state index in [1.807, 2.05) is 85.0 Å². The Balaban J connectivity index is 1.41. The van der Waals surface area contributed by atoms with Crippen LogP contribution in [-0.2, 0) is 0 Å². The van der Waals surface area contributed by atoms with Crippen molar-refractivity contribution in [2.45, 2.75) is 18.9 Å². The Labute approximate surface area is 298 Å². The van der Waals surface area contributed by atoms with Gasteiger partial charge in [-0.05, 0) is 120 Å². The Bertz CT molecular complexity index is 2690. The summed E-state index contributed by atoms with van der Waals surface area (Å²) in [6.07, 6.45) is 9.26. The lowest BCUT2D eigenvalue weighted by atomic mass is 9.93. The fraction of sp³-hybridized carbons (Fsp3) is 0.0682. The van der Waals surface area contributed by atoms with Gasteiger partial charge in [0, 0.05) is 38.7 Å². The van der Waals surface area contributed by atoms with Crippen molar-refractivity contribution < 1.29 is 20.4 Å². The molecule has 1 unspecified atom stereocenters. The molecule has 8 heteroatoms. The first-order valence-electron chi connectivity index (χ1n) is 17.1. The largest absolute Gasteiger partial charge is 0.508 e. The zero-order valence-electron chi connectivity index (χ0n) is 27.8. The molecule has 1 aromatic heterocycles. The first-order chi connectivity index (χ1) is 25.4. The smallest absolute Gasteiger partial charge is 0.116 e. The van der Waals surface area contributed by atoms with Gasteiger partial charge in [-0.1, -0.05) is 48.5 Å². The molecule has 52 heavy (non-hydrogen) atoms. The molecule has 0 spiro atoms. The average Bonchev–Trinajstić information content (AvgIpc) is 3.96. The highest BCUT2D eigenvalue weighted by Gasteiger charge is 2.30. The Hall–Kier alpha value is -6.93. The molecule has 5 heterocycles. The van der Waals surface area contributed by atoms with E-state index in [0.29, 0.717) is 30.0 Å². The van der Waals surface area contributed by atoms with Crippen molar-refractivity contribution in [2.24, 2.45) is 15.0 Å². The number of phenols is 4. The lowest BCUT2D eigenvalue weighted by Crippen LogP contribution is -2.21. The van der Waals surface area contributed by atoms with E-state index in [1.54, 1.807) is 48.5 Å². The molecule has 9 rings (SSSR count). The van der Waals surface area contributed by atoms with Crippen molar-refractivity contribution in [3.05, 3.63) is 178 Å². The summed E-state index contributed by atoms with van der Waals surface area (Å²) in [5.41, 5.74) is 10.1. The molecule has 252 valence electrons. The monoisotopic (exact) mass is 680 g/mol. The van der Waals surface area contributed by atoms with Crippen LogP contribution in [0.4, 0.5) is 0 Å². The van der Waals surface area contributed by atoms with Crippen LogP contribution < -0.4 is 10.7 Å². The number of hydrogen-bond donors (Lipinski definition) is 5. The number of hydrogen-bond acceptors (Lipinski definition) is 7. The molecule has 5 aromatic rings. The van der Waals surface area contributed by atoms with Crippen molar-refractivity contribution in [2.75, 3.05) is 0 Å². The number of fused-ring (bicyclic) bond motifs is 5. The van der Waals surface area contributed by atoms with Crippen LogP contribution in [0, 0.1) is 0 Å². The molecule has 0 aliphatic carbocycles. The highest BCUT2D eigenvalue weighted by Crippen LogP contribution is 2.40. The summed E-state index contributed by atoms with van der Waals surface area (Å²) in [5, 5.41) is 43.8. The van der Waals surface area contributed by atoms with Crippen molar-refractivity contribution in [3.63, 3.8) is 0 Å². The van der Waals surface area contributed by atoms with E-state index >= 15 is 0 Å². The third-order valence-corrected chi connectivity index (χ3v) is 9.70. The fourth-order valence-electron chi connectivity index (χ4n) is 7.48. The van der Waals surface area contributed by atoms with Crippen LogP contribution in [0.3, 0.4) is 0 Å². The average molecular weight is 681 g/mol. The van der Waals surface area contributed by atoms with Gasteiger partial charge in [-0.15, -0.1) is 0 Å². The highest BCUT2D eigenvalue weighted by atomic mass is 16.3. The van der Waals surface area contributed by atoms with Crippen LogP contribution in [0.15, 0.2) is 160 Å². The Kier molecular flexibility index (Phi) is 7.43. The minimum absolute atomic E-state index is 0.133. The molecule has 0 radical (unpaired) electrons. The zero-order valence-corrected chi connectivity index (χ0v) is 27.8. The normalized spacial score (nSPS) is 17.9. The third-order valence-electron chi connectivity index (χ3n) is 9.70. The van der Waals surface area contributed by atoms with E-state index in [4.69, 9.17) is 15.0 Å². The second-order valence-corrected chi connectivity index (χ2v) is 13.1. The van der Waals surface area contributed by atoms with Crippen LogP contribution in [0.1, 0.15) is 35.1 Å². The van der Waals surface area contributed by atoms with Crippen molar-refractivity contribution >= 4 is 39.4 Å². The Morgan fingerprint density at radius 3 is 1.50 bits per heavy atom. The molecule has 0 saturated heterocycles. The molecule has 1 atom stereocenters. The number of aromatic nitrogens is 1. The summed E-state index contributed by atoms with van der Waals surface area (Å²) >= 11 is 0. The van der Waals surface area contributed by atoms with Crippen LogP contribution >= 0.6 is 0 Å². The molecule has 5 N–H and O–H groups in total. The zero-order chi connectivity index (χ0) is 35.3. The molecule has 8 bridgehead atoms. The molecule has 0 saturated carbocycles. The van der Waals surface area contributed by atoms with E-state index in [1.165, 1.54) is 0 Å². The number of nitrogens with one attached hydrogen (secondary N) is 1. The number of H-pyrrole nitrogens is 1. The van der Waals surface area contributed by atoms with Gasteiger partial charge in [0.2, 0.25) is 0 Å². The van der Waals surface area contributed by atoms with Crippen molar-refractivity contribution in [1.29, 1.82) is 0 Å². The lowest BCUT2D eigenvalue weighted by molar-refractivity contribution is 0.474. The predicted octanol–water partition coefficient (Wildman–Crippen LogP) is 6.70. The fourth-order valence-corrected chi connectivity index (χ4v) is 7.48. The number of allylic oxidation sites excluding steroid dienone is 5. The molecular formula is C44H32N4O4. The maximum atomic E-state index is 10.6. The summed E-state index contributed by atoms with van der Waals surface area (Å²) in [6, 6.07) is 32.3. The summed E-state index contributed by atoms with van der Waals surface area (Å²) in [6.45, 7) is 0. The summed E-state index contributed by atoms with van der Waals surface area (Å²) in [4.78, 5) is 19.5. The van der Waals surface area contributed by atoms with Gasteiger partial charge in [-0.25, -0.2) is 9.98 Å². The van der Waals surface area contributed by atoms with E-state index < -0.39 is 0 Å². The molecule has 0 amide bonds. The molecule has 8 nitrogen and oxygen atoms in total. The summed E-state index contributed by atoms with van der Waals surface area (Å²) in [5.74, 6) is 0.559.